The molecule has 1 unspecified atom stereocenters. The molecule has 0 fully saturated rings. The van der Waals surface area contributed by atoms with Crippen molar-refractivity contribution in [3.05, 3.63) is 18.0 Å². The van der Waals surface area contributed by atoms with Gasteiger partial charge in [0.15, 0.2) is 0 Å². The second kappa shape index (κ2) is 5.12. The zero-order valence-corrected chi connectivity index (χ0v) is 9.07. The van der Waals surface area contributed by atoms with Crippen molar-refractivity contribution in [3.8, 4) is 0 Å². The summed E-state index contributed by atoms with van der Waals surface area (Å²) in [4.78, 5) is 0. The van der Waals surface area contributed by atoms with Crippen molar-refractivity contribution in [2.45, 2.75) is 20.0 Å². The average molecular weight is 197 g/mol. The zero-order valence-electron chi connectivity index (χ0n) is 9.07. The van der Waals surface area contributed by atoms with Gasteiger partial charge in [-0.25, -0.2) is 0 Å². The molecule has 0 spiro atoms. The molecule has 1 heterocycles. The molecule has 2 N–H and O–H groups in total. The Labute approximate surface area is 84.9 Å². The summed E-state index contributed by atoms with van der Waals surface area (Å²) in [6.45, 7) is 5.76. The van der Waals surface area contributed by atoms with E-state index in [1.54, 1.807) is 4.68 Å². The van der Waals surface area contributed by atoms with Crippen LogP contribution in [0.3, 0.4) is 0 Å². The fourth-order valence-corrected chi connectivity index (χ4v) is 1.22. The van der Waals surface area contributed by atoms with Gasteiger partial charge in [-0.3, -0.25) is 4.68 Å². The van der Waals surface area contributed by atoms with E-state index in [-0.39, 0.29) is 0 Å². The lowest BCUT2D eigenvalue weighted by Crippen LogP contribution is -2.25. The van der Waals surface area contributed by atoms with Crippen LogP contribution in [0.2, 0.25) is 0 Å². The minimum Gasteiger partial charge on any atom is -0.385 e. The molecule has 0 aliphatic carbocycles. The molecule has 0 saturated heterocycles. The molecule has 0 aliphatic rings. The van der Waals surface area contributed by atoms with Crippen molar-refractivity contribution in [2.75, 3.05) is 13.1 Å². The van der Waals surface area contributed by atoms with Gasteiger partial charge >= 0.3 is 0 Å². The van der Waals surface area contributed by atoms with Gasteiger partial charge in [-0.15, -0.1) is 0 Å². The van der Waals surface area contributed by atoms with Crippen LogP contribution in [0.1, 0.15) is 25.6 Å². The van der Waals surface area contributed by atoms with Crippen molar-refractivity contribution in [1.29, 1.82) is 0 Å². The highest BCUT2D eigenvalue weighted by Gasteiger charge is 2.09. The molecule has 0 amide bonds. The summed E-state index contributed by atoms with van der Waals surface area (Å²) in [5.41, 5.74) is 0.726. The first kappa shape index (κ1) is 11.2. The minimum atomic E-state index is -0.505. The van der Waals surface area contributed by atoms with Crippen molar-refractivity contribution >= 4 is 0 Å². The Morgan fingerprint density at radius 2 is 2.21 bits per heavy atom. The van der Waals surface area contributed by atoms with E-state index in [0.29, 0.717) is 12.5 Å². The quantitative estimate of drug-likeness (QED) is 0.730. The number of nitrogens with zero attached hydrogens (tertiary/aromatic N) is 2. The molecule has 1 rings (SSSR count). The summed E-state index contributed by atoms with van der Waals surface area (Å²) >= 11 is 0. The van der Waals surface area contributed by atoms with Gasteiger partial charge in [0.2, 0.25) is 0 Å². The van der Waals surface area contributed by atoms with Gasteiger partial charge in [0.1, 0.15) is 6.10 Å². The first-order valence-electron chi connectivity index (χ1n) is 4.98. The smallest absolute Gasteiger partial charge is 0.110 e. The molecule has 4 heteroatoms. The van der Waals surface area contributed by atoms with Crippen LogP contribution < -0.4 is 5.32 Å². The molecule has 1 atom stereocenters. The lowest BCUT2D eigenvalue weighted by molar-refractivity contribution is 0.168. The molecule has 4 nitrogen and oxygen atoms in total. The van der Waals surface area contributed by atoms with Gasteiger partial charge in [0.05, 0.1) is 5.69 Å². The Morgan fingerprint density at radius 1 is 1.50 bits per heavy atom. The number of aliphatic hydroxyl groups excluding tert-OH is 1. The maximum Gasteiger partial charge on any atom is 0.110 e. The van der Waals surface area contributed by atoms with E-state index >= 15 is 0 Å². The zero-order chi connectivity index (χ0) is 10.6. The Kier molecular flexibility index (Phi) is 4.10. The van der Waals surface area contributed by atoms with Crippen LogP contribution >= 0.6 is 0 Å². The van der Waals surface area contributed by atoms with Crippen LogP contribution in [-0.2, 0) is 7.05 Å². The summed E-state index contributed by atoms with van der Waals surface area (Å²) in [6, 6.07) is 1.84. The number of hydrogen-bond acceptors (Lipinski definition) is 3. The standard InChI is InChI=1S/C10H19N3O/c1-8(2)6-11-7-10(14)9-4-5-13(3)12-9/h4-5,8,10-11,14H,6-7H2,1-3H3. The molecular formula is C10H19N3O. The topological polar surface area (TPSA) is 50.1 Å². The van der Waals surface area contributed by atoms with E-state index in [1.807, 2.05) is 19.3 Å². The SMILES string of the molecule is CC(C)CNCC(O)c1ccn(C)n1. The van der Waals surface area contributed by atoms with Crippen molar-refractivity contribution in [2.24, 2.45) is 13.0 Å². The molecule has 0 bridgehead atoms. The number of nitrogens with one attached hydrogen (secondary N) is 1. The van der Waals surface area contributed by atoms with Crippen LogP contribution in [0.5, 0.6) is 0 Å². The number of rotatable bonds is 5. The average Bonchev–Trinajstić information content (AvgIpc) is 2.51. The predicted molar refractivity (Wildman–Crippen MR) is 55.9 cm³/mol. The minimum absolute atomic E-state index is 0.505. The predicted octanol–water partition coefficient (Wildman–Crippen LogP) is 0.699. The third-order valence-electron chi connectivity index (χ3n) is 1.97. The number of aryl methyl sites for hydroxylation is 1. The maximum atomic E-state index is 9.71. The summed E-state index contributed by atoms with van der Waals surface area (Å²) in [7, 11) is 1.85. The second-order valence-electron chi connectivity index (χ2n) is 3.98. The molecule has 1 aromatic heterocycles. The Morgan fingerprint density at radius 3 is 2.71 bits per heavy atom. The summed E-state index contributed by atoms with van der Waals surface area (Å²) < 4.78 is 1.70. The van der Waals surface area contributed by atoms with Gasteiger partial charge in [0, 0.05) is 19.8 Å². The molecule has 80 valence electrons. The lowest BCUT2D eigenvalue weighted by atomic mass is 10.2. The molecule has 0 aromatic carbocycles. The molecule has 1 aromatic rings. The Balaban J connectivity index is 2.32. The lowest BCUT2D eigenvalue weighted by Gasteiger charge is -2.10. The van der Waals surface area contributed by atoms with Crippen LogP contribution in [-0.4, -0.2) is 28.0 Å². The van der Waals surface area contributed by atoms with Gasteiger partial charge in [0.25, 0.3) is 0 Å². The van der Waals surface area contributed by atoms with Crippen molar-refractivity contribution in [1.82, 2.24) is 15.1 Å². The van der Waals surface area contributed by atoms with Gasteiger partial charge < -0.3 is 10.4 Å². The summed E-state index contributed by atoms with van der Waals surface area (Å²) in [5.74, 6) is 0.603. The van der Waals surface area contributed by atoms with Crippen LogP contribution in [0.4, 0.5) is 0 Å². The molecule has 14 heavy (non-hydrogen) atoms. The molecule has 0 saturated carbocycles. The molecular weight excluding hydrogens is 178 g/mol. The van der Waals surface area contributed by atoms with Gasteiger partial charge in [-0.1, -0.05) is 13.8 Å². The van der Waals surface area contributed by atoms with Crippen LogP contribution in [0, 0.1) is 5.92 Å². The number of aliphatic hydroxyl groups is 1. The Bertz CT molecular complexity index is 270. The van der Waals surface area contributed by atoms with E-state index in [9.17, 15) is 5.11 Å². The van der Waals surface area contributed by atoms with E-state index in [4.69, 9.17) is 0 Å². The Hall–Kier alpha value is -0.870. The van der Waals surface area contributed by atoms with Crippen LogP contribution in [0.25, 0.3) is 0 Å². The third-order valence-corrected chi connectivity index (χ3v) is 1.97. The first-order chi connectivity index (χ1) is 6.59. The second-order valence-corrected chi connectivity index (χ2v) is 3.98. The summed E-state index contributed by atoms with van der Waals surface area (Å²) in [5, 5.41) is 17.0. The van der Waals surface area contributed by atoms with Crippen molar-refractivity contribution < 1.29 is 5.11 Å². The third kappa shape index (κ3) is 3.47. The van der Waals surface area contributed by atoms with E-state index < -0.39 is 6.10 Å². The first-order valence-corrected chi connectivity index (χ1v) is 4.98. The highest BCUT2D eigenvalue weighted by Crippen LogP contribution is 2.07. The number of hydrogen-bond donors (Lipinski definition) is 2. The molecule has 0 aliphatic heterocycles. The fourth-order valence-electron chi connectivity index (χ4n) is 1.22. The normalized spacial score (nSPS) is 13.5. The van der Waals surface area contributed by atoms with Gasteiger partial charge in [-0.2, -0.15) is 5.10 Å². The van der Waals surface area contributed by atoms with Gasteiger partial charge in [-0.05, 0) is 18.5 Å². The molecule has 0 radical (unpaired) electrons. The highest BCUT2D eigenvalue weighted by atomic mass is 16.3. The highest BCUT2D eigenvalue weighted by molar-refractivity contribution is 5.02. The van der Waals surface area contributed by atoms with E-state index in [2.05, 4.69) is 24.3 Å². The van der Waals surface area contributed by atoms with E-state index in [1.165, 1.54) is 0 Å². The van der Waals surface area contributed by atoms with Crippen LogP contribution in [0.15, 0.2) is 12.3 Å². The monoisotopic (exact) mass is 197 g/mol. The maximum absolute atomic E-state index is 9.71. The van der Waals surface area contributed by atoms with E-state index in [0.717, 1.165) is 12.2 Å². The fraction of sp³-hybridized carbons (Fsp3) is 0.700. The number of aromatic nitrogens is 2. The largest absolute Gasteiger partial charge is 0.385 e. The summed E-state index contributed by atoms with van der Waals surface area (Å²) in [6.07, 6.45) is 1.33. The van der Waals surface area contributed by atoms with Crippen molar-refractivity contribution in [3.63, 3.8) is 0 Å².